The Bertz CT molecular complexity index is 1230. The molecule has 0 spiro atoms. The summed E-state index contributed by atoms with van der Waals surface area (Å²) in [5.41, 5.74) is 5.29. The van der Waals surface area contributed by atoms with Crippen LogP contribution in [0.25, 0.3) is 0 Å². The monoisotopic (exact) mass is 446 g/mol. The zero-order valence-electron chi connectivity index (χ0n) is 19.4. The number of ether oxygens (including phenoxy) is 2. The second-order valence-electron chi connectivity index (χ2n) is 8.83. The van der Waals surface area contributed by atoms with E-state index in [-0.39, 0.29) is 11.3 Å². The van der Waals surface area contributed by atoms with Crippen LogP contribution in [0.5, 0.6) is 11.5 Å². The molecule has 4 heteroatoms. The second kappa shape index (κ2) is 10.1. The fourth-order valence-corrected chi connectivity index (χ4v) is 4.64. The summed E-state index contributed by atoms with van der Waals surface area (Å²) in [5.74, 6) is 1.42. The lowest BCUT2D eigenvalue weighted by Gasteiger charge is -2.32. The highest BCUT2D eigenvalue weighted by Gasteiger charge is 2.29. The molecule has 0 N–H and O–H groups in total. The van der Waals surface area contributed by atoms with E-state index >= 15 is 0 Å². The molecule has 0 heterocycles. The van der Waals surface area contributed by atoms with Crippen molar-refractivity contribution in [2.45, 2.75) is 32.6 Å². The third kappa shape index (κ3) is 5.20. The second-order valence-corrected chi connectivity index (χ2v) is 8.83. The van der Waals surface area contributed by atoms with Crippen molar-refractivity contribution in [3.8, 4) is 24.0 Å². The van der Waals surface area contributed by atoms with Crippen LogP contribution in [0.3, 0.4) is 0 Å². The predicted octanol–water partition coefficient (Wildman–Crippen LogP) is 6.70. The Morgan fingerprint density at radius 1 is 0.735 bits per heavy atom. The first-order valence-corrected chi connectivity index (χ1v) is 11.3. The molecule has 1 aliphatic rings. The number of nitriles is 2. The highest BCUT2D eigenvalue weighted by molar-refractivity contribution is 5.42. The summed E-state index contributed by atoms with van der Waals surface area (Å²) in [5, 5.41) is 17.7. The van der Waals surface area contributed by atoms with Crippen LogP contribution >= 0.6 is 0 Å². The van der Waals surface area contributed by atoms with E-state index in [2.05, 4.69) is 60.7 Å². The first-order chi connectivity index (χ1) is 16.5. The zero-order valence-corrected chi connectivity index (χ0v) is 19.4. The van der Waals surface area contributed by atoms with Gasteiger partial charge in [-0.15, -0.1) is 10.5 Å². The van der Waals surface area contributed by atoms with E-state index in [1.165, 1.54) is 16.7 Å². The van der Waals surface area contributed by atoms with E-state index in [0.29, 0.717) is 11.5 Å². The van der Waals surface area contributed by atoms with Gasteiger partial charge in [0.2, 0.25) is 0 Å². The fourth-order valence-electron chi connectivity index (χ4n) is 4.64. The van der Waals surface area contributed by atoms with Gasteiger partial charge in [0.15, 0.2) is 0 Å². The molecule has 4 rings (SSSR count). The Hall–Kier alpha value is -4.28. The molecule has 0 radical (unpaired) electrons. The maximum atomic E-state index is 8.86. The van der Waals surface area contributed by atoms with Crippen molar-refractivity contribution in [2.75, 3.05) is 0 Å². The molecule has 1 aliphatic carbocycles. The summed E-state index contributed by atoms with van der Waals surface area (Å²) in [6.07, 6.45) is 14.4. The minimum atomic E-state index is -0.209. The fraction of sp³-hybridized carbons (Fsp3) is 0.200. The number of aryl methyl sites for hydroxylation is 2. The zero-order chi connectivity index (χ0) is 24.0. The molecule has 3 aromatic carbocycles. The maximum absolute atomic E-state index is 8.86. The van der Waals surface area contributed by atoms with Crippen LogP contribution < -0.4 is 9.47 Å². The van der Waals surface area contributed by atoms with Crippen molar-refractivity contribution < 1.29 is 9.47 Å². The van der Waals surface area contributed by atoms with Crippen LogP contribution in [0.15, 0.2) is 91.0 Å². The summed E-state index contributed by atoms with van der Waals surface area (Å²) >= 11 is 0. The average Bonchev–Trinajstić information content (AvgIpc) is 2.84. The lowest BCUT2D eigenvalue weighted by atomic mass is 9.72. The third-order valence-corrected chi connectivity index (χ3v) is 6.31. The Labute approximate surface area is 201 Å². The van der Waals surface area contributed by atoms with E-state index in [9.17, 15) is 0 Å². The third-order valence-electron chi connectivity index (χ3n) is 6.31. The number of hydrogen-bond acceptors (Lipinski definition) is 4. The molecule has 4 nitrogen and oxygen atoms in total. The summed E-state index contributed by atoms with van der Waals surface area (Å²) in [6.45, 7) is 3.91. The van der Waals surface area contributed by atoms with Gasteiger partial charge in [-0.3, -0.25) is 0 Å². The molecule has 0 aliphatic heterocycles. The van der Waals surface area contributed by atoms with Crippen molar-refractivity contribution >= 4 is 0 Å². The molecule has 0 fully saturated rings. The van der Waals surface area contributed by atoms with E-state index in [0.717, 1.165) is 24.0 Å². The Balaban J connectivity index is 1.65. The number of rotatable bonds is 7. The minimum absolute atomic E-state index is 0.209. The van der Waals surface area contributed by atoms with Crippen molar-refractivity contribution in [3.05, 3.63) is 119 Å². The normalized spacial score (nSPS) is 14.2. The van der Waals surface area contributed by atoms with Gasteiger partial charge in [-0.05, 0) is 66.6 Å². The smallest absolute Gasteiger partial charge is 0.292 e. The summed E-state index contributed by atoms with van der Waals surface area (Å²) in [4.78, 5) is 0. The van der Waals surface area contributed by atoms with Gasteiger partial charge in [-0.1, -0.05) is 78.9 Å². The van der Waals surface area contributed by atoms with E-state index < -0.39 is 0 Å². The molecular formula is C30H26N2O2. The van der Waals surface area contributed by atoms with Crippen LogP contribution in [-0.2, 0) is 12.8 Å². The van der Waals surface area contributed by atoms with Crippen molar-refractivity contribution in [1.29, 1.82) is 10.5 Å². The first kappa shape index (κ1) is 22.9. The van der Waals surface area contributed by atoms with Crippen LogP contribution in [0, 0.1) is 42.3 Å². The molecule has 0 unspecified atom stereocenters. The van der Waals surface area contributed by atoms with Crippen LogP contribution in [0.4, 0.5) is 0 Å². The van der Waals surface area contributed by atoms with Crippen LogP contribution in [0.1, 0.15) is 33.7 Å². The summed E-state index contributed by atoms with van der Waals surface area (Å²) in [7, 11) is 0. The minimum Gasteiger partial charge on any atom is -0.388 e. The predicted molar refractivity (Wildman–Crippen MR) is 132 cm³/mol. The molecular weight excluding hydrogens is 420 g/mol. The average molecular weight is 447 g/mol. The molecule has 0 saturated heterocycles. The summed E-state index contributed by atoms with van der Waals surface area (Å²) in [6, 6.07) is 22.5. The van der Waals surface area contributed by atoms with E-state index in [1.54, 1.807) is 12.5 Å². The quantitative estimate of drug-likeness (QED) is 0.299. The van der Waals surface area contributed by atoms with Gasteiger partial charge in [0.05, 0.1) is 0 Å². The van der Waals surface area contributed by atoms with E-state index in [1.807, 2.05) is 44.2 Å². The highest BCUT2D eigenvalue weighted by Crippen LogP contribution is 2.39. The van der Waals surface area contributed by atoms with Crippen LogP contribution in [0.2, 0.25) is 0 Å². The standard InChI is InChI=1S/C30H26N2O2/c1-22-16-24(8-10-28(22)33-20-31)18-30(19-25-9-11-29(34-21-32)23(2)17-25)14-12-27(13-15-30)26-6-4-3-5-7-26/h3-17,27H,18-19H2,1-2H3. The van der Waals surface area contributed by atoms with Crippen molar-refractivity contribution in [1.82, 2.24) is 0 Å². The lowest BCUT2D eigenvalue weighted by Crippen LogP contribution is -2.24. The van der Waals surface area contributed by atoms with Gasteiger partial charge in [0, 0.05) is 11.3 Å². The Kier molecular flexibility index (Phi) is 6.81. The SMILES string of the molecule is Cc1cc(CC2(Cc3ccc(OC#N)c(C)c3)C=CC(c3ccccc3)C=C2)ccc1OC#N. The van der Waals surface area contributed by atoms with Gasteiger partial charge in [-0.2, -0.15) is 0 Å². The largest absolute Gasteiger partial charge is 0.388 e. The van der Waals surface area contributed by atoms with Gasteiger partial charge in [-0.25, -0.2) is 0 Å². The number of hydrogen-bond donors (Lipinski definition) is 0. The van der Waals surface area contributed by atoms with Gasteiger partial charge in [0.1, 0.15) is 11.5 Å². The molecule has 168 valence electrons. The molecule has 34 heavy (non-hydrogen) atoms. The molecule has 3 aromatic rings. The van der Waals surface area contributed by atoms with Crippen LogP contribution in [-0.4, -0.2) is 0 Å². The Morgan fingerprint density at radius 3 is 1.68 bits per heavy atom. The van der Waals surface area contributed by atoms with Gasteiger partial charge in [0.25, 0.3) is 12.5 Å². The Morgan fingerprint density at radius 2 is 1.24 bits per heavy atom. The first-order valence-electron chi connectivity index (χ1n) is 11.3. The van der Waals surface area contributed by atoms with Gasteiger partial charge < -0.3 is 9.47 Å². The molecule has 0 amide bonds. The van der Waals surface area contributed by atoms with Crippen molar-refractivity contribution in [2.24, 2.45) is 5.41 Å². The van der Waals surface area contributed by atoms with Gasteiger partial charge >= 0.3 is 0 Å². The maximum Gasteiger partial charge on any atom is 0.292 e. The number of benzene rings is 3. The van der Waals surface area contributed by atoms with Crippen molar-refractivity contribution in [3.63, 3.8) is 0 Å². The summed E-state index contributed by atoms with van der Waals surface area (Å²) < 4.78 is 10.1. The molecule has 0 bridgehead atoms. The lowest BCUT2D eigenvalue weighted by molar-refractivity contribution is 0.472. The van der Waals surface area contributed by atoms with E-state index in [4.69, 9.17) is 20.0 Å². The number of nitrogens with zero attached hydrogens (tertiary/aromatic N) is 2. The highest BCUT2D eigenvalue weighted by atomic mass is 16.5. The molecule has 0 atom stereocenters. The molecule has 0 aromatic heterocycles. The topological polar surface area (TPSA) is 66.0 Å². The molecule has 0 saturated carbocycles. The number of allylic oxidation sites excluding steroid dienone is 4.